The van der Waals surface area contributed by atoms with Crippen molar-refractivity contribution in [1.29, 1.82) is 0 Å². The van der Waals surface area contributed by atoms with E-state index in [0.717, 1.165) is 0 Å². The number of unbranched alkanes of at least 4 members (excludes halogenated alkanes) is 1. The third-order valence-corrected chi connectivity index (χ3v) is 39.9. The van der Waals surface area contributed by atoms with E-state index in [-0.39, 0.29) is 238 Å². The second kappa shape index (κ2) is 39.0. The maximum atomic E-state index is 15.0. The Kier molecular flexibility index (Phi) is 31.9. The Morgan fingerprint density at radius 1 is 0.315 bits per heavy atom. The first-order valence-electron chi connectivity index (χ1n) is 45.4. The van der Waals surface area contributed by atoms with Crippen LogP contribution in [-0.2, 0) is 146 Å². The molecule has 12 rings (SSSR count). The standard InChI is InChI=1S/C79H133N3O39S9/c1-44(53-16-19-56-50-38-65(116-125(95,96)97)62-35-47(113-122(86,87)88)25-28-74(62,4)59(50)41-68(77(53,56)7)119-128(104,105)106)13-22-71(83)80-31-10-11-33-82(73(85)24-15-46(3)55-18-21-58-52-40-67(118-127(101,102)103)64-37-49(115-124(92,93)94)27-30-76(64,6)61(52)43-70(79(55,58)9)121-130(110,111)112)34-12-32-81-72(84)23-14-45(2)54-17-20-57-51-39-66(117-126(98,99)100)63-36-48(114-123(89,90)91)26-29-75(63,5)60(51)42-69(78(54,57)8)120-129(107,108)109/h44-70H,10-43H2,1-9H3,(H,80,83)(H,81,84)(H,86,87,88)(H,89,90,91)(H,92,93,94)(H,95,96,97)(H,98,99,100)(H,101,102,103)(H,104,105,106)(H,107,108,109)(H,110,111,112)/t44-,45-,46-,47-,48-,49-,50+,51+,52+,53-,54-,55-,56+,57+,58+,59+,60+,61+,62-,63-,64-,65+,66+,67+,68+,69+,70+,74-,75-,76-,77-,78-,79-/m1/s1. The van der Waals surface area contributed by atoms with E-state index in [1.165, 1.54) is 0 Å². The molecule has 0 aromatic heterocycles. The zero-order valence-corrected chi connectivity index (χ0v) is 81.9. The zero-order valence-electron chi connectivity index (χ0n) is 74.5. The number of carbonyl (C=O) groups excluding carboxylic acids is 3. The summed E-state index contributed by atoms with van der Waals surface area (Å²) in [5.41, 5.74) is -5.77. The van der Waals surface area contributed by atoms with Crippen molar-refractivity contribution >= 4 is 111 Å². The quantitative estimate of drug-likeness (QED) is 0.0202. The molecule has 12 aliphatic rings. The van der Waals surface area contributed by atoms with Gasteiger partial charge in [-0.05, 0) is 296 Å². The first kappa shape index (κ1) is 106. The molecule has 12 aliphatic carbocycles. The highest BCUT2D eigenvalue weighted by Crippen LogP contribution is 2.74. The summed E-state index contributed by atoms with van der Waals surface area (Å²) in [6.07, 6.45) is -4.76. The lowest BCUT2D eigenvalue weighted by Gasteiger charge is -2.64. The van der Waals surface area contributed by atoms with E-state index in [9.17, 15) is 131 Å². The van der Waals surface area contributed by atoms with Crippen molar-refractivity contribution < 1.29 is 169 Å². The minimum absolute atomic E-state index is 0.0106. The molecule has 42 nitrogen and oxygen atoms in total. The molecule has 0 bridgehead atoms. The fourth-order valence-corrected chi connectivity index (χ4v) is 35.2. The van der Waals surface area contributed by atoms with Crippen LogP contribution in [0.25, 0.3) is 0 Å². The van der Waals surface area contributed by atoms with Crippen LogP contribution in [0.2, 0.25) is 0 Å². The van der Waals surface area contributed by atoms with Gasteiger partial charge in [0.25, 0.3) is 0 Å². The van der Waals surface area contributed by atoms with E-state index >= 15 is 0 Å². The van der Waals surface area contributed by atoms with Crippen LogP contribution in [0.15, 0.2) is 0 Å². The summed E-state index contributed by atoms with van der Waals surface area (Å²) in [5.74, 6) is -8.82. The number of amides is 3. The number of rotatable bonds is 39. The van der Waals surface area contributed by atoms with E-state index in [1.54, 1.807) is 4.90 Å². The summed E-state index contributed by atoms with van der Waals surface area (Å²) in [4.78, 5) is 44.5. The third-order valence-electron chi connectivity index (χ3n) is 35.5. The van der Waals surface area contributed by atoms with Crippen molar-refractivity contribution in [2.75, 3.05) is 26.2 Å². The monoisotopic (exact) mass is 2040 g/mol. The highest BCUT2D eigenvalue weighted by atomic mass is 32.3. The van der Waals surface area contributed by atoms with Crippen molar-refractivity contribution in [1.82, 2.24) is 15.5 Å². The second-order valence-corrected chi connectivity index (χ2v) is 51.1. The molecule has 51 heteroatoms. The summed E-state index contributed by atoms with van der Waals surface area (Å²) in [7, 11) is -45.5. The Labute approximate surface area is 765 Å². The van der Waals surface area contributed by atoms with E-state index in [4.69, 9.17) is 37.6 Å². The van der Waals surface area contributed by atoms with Gasteiger partial charge in [-0.15, -0.1) is 0 Å². The molecule has 0 radical (unpaired) electrons. The van der Waals surface area contributed by atoms with Crippen molar-refractivity contribution in [2.24, 2.45) is 139 Å². The summed E-state index contributed by atoms with van der Waals surface area (Å²) < 4.78 is 362. The predicted octanol–water partition coefficient (Wildman–Crippen LogP) is 8.79. The van der Waals surface area contributed by atoms with E-state index in [2.05, 4.69) is 10.6 Å². The molecular weight excluding hydrogens is 1900 g/mol. The second-order valence-electron chi connectivity index (χ2n) is 41.7. The van der Waals surface area contributed by atoms with Crippen LogP contribution >= 0.6 is 0 Å². The van der Waals surface area contributed by atoms with Crippen LogP contribution in [0.3, 0.4) is 0 Å². The lowest BCUT2D eigenvalue weighted by atomic mass is 9.43. The van der Waals surface area contributed by atoms with Gasteiger partial charge < -0.3 is 15.5 Å². The van der Waals surface area contributed by atoms with Gasteiger partial charge in [-0.2, -0.15) is 75.8 Å². The molecule has 0 aromatic rings. The summed E-state index contributed by atoms with van der Waals surface area (Å²) >= 11 is 0. The molecule has 0 unspecified atom stereocenters. The summed E-state index contributed by atoms with van der Waals surface area (Å²) in [5, 5.41) is 5.94. The molecule has 0 aromatic carbocycles. The fraction of sp³-hybridized carbons (Fsp3) is 0.962. The van der Waals surface area contributed by atoms with Crippen molar-refractivity contribution in [3.05, 3.63) is 0 Å². The Balaban J connectivity index is 0.707. The highest BCUT2D eigenvalue weighted by Gasteiger charge is 2.72. The lowest BCUT2D eigenvalue weighted by molar-refractivity contribution is -0.192. The number of carbonyl (C=O) groups is 3. The molecular formula is C79H133N3O39S9. The minimum atomic E-state index is -5.15. The van der Waals surface area contributed by atoms with E-state index in [1.807, 2.05) is 62.3 Å². The van der Waals surface area contributed by atoms with Gasteiger partial charge in [0, 0.05) is 61.7 Å². The normalized spacial score (nSPS) is 40.7. The van der Waals surface area contributed by atoms with Crippen LogP contribution in [-0.4, -0.2) is 220 Å². The van der Waals surface area contributed by atoms with Crippen LogP contribution in [0.1, 0.15) is 255 Å². The van der Waals surface area contributed by atoms with E-state index < -0.39 is 228 Å². The van der Waals surface area contributed by atoms with Crippen molar-refractivity contribution in [3.8, 4) is 0 Å². The average molecular weight is 2040 g/mol. The third kappa shape index (κ3) is 24.1. The molecule has 12 fully saturated rings. The van der Waals surface area contributed by atoms with Gasteiger partial charge in [-0.25, -0.2) is 37.6 Å². The number of hydrogen-bond donors (Lipinski definition) is 11. The van der Waals surface area contributed by atoms with Crippen molar-refractivity contribution in [3.63, 3.8) is 0 Å². The first-order chi connectivity index (χ1) is 59.6. The smallest absolute Gasteiger partial charge is 0.356 e. The molecule has 11 N–H and O–H groups in total. The van der Waals surface area contributed by atoms with Gasteiger partial charge in [-0.1, -0.05) is 62.3 Å². The number of hydrogen-bond acceptors (Lipinski definition) is 30. The zero-order chi connectivity index (χ0) is 96.2. The Morgan fingerprint density at radius 2 is 0.577 bits per heavy atom. The highest BCUT2D eigenvalue weighted by molar-refractivity contribution is 7.82. The molecule has 3 amide bonds. The maximum Gasteiger partial charge on any atom is 0.397 e. The minimum Gasteiger partial charge on any atom is -0.356 e. The molecule has 12 saturated carbocycles. The van der Waals surface area contributed by atoms with Crippen LogP contribution in [0.4, 0.5) is 0 Å². The average Bonchev–Trinajstić information content (AvgIpc) is 1.39. The molecule has 0 saturated heterocycles. The number of fused-ring (bicyclic) bond motifs is 15. The Bertz CT molecular complexity index is 5220. The van der Waals surface area contributed by atoms with Crippen molar-refractivity contribution in [2.45, 2.75) is 310 Å². The van der Waals surface area contributed by atoms with Gasteiger partial charge >= 0.3 is 93.6 Å². The summed E-state index contributed by atoms with van der Waals surface area (Å²) in [6.45, 7) is 17.5. The maximum absolute atomic E-state index is 15.0. The predicted molar refractivity (Wildman–Crippen MR) is 457 cm³/mol. The number of nitrogens with one attached hydrogen (secondary N) is 2. The summed E-state index contributed by atoms with van der Waals surface area (Å²) in [6, 6.07) is 0. The van der Waals surface area contributed by atoms with Gasteiger partial charge in [0.05, 0.1) is 54.9 Å². The van der Waals surface area contributed by atoms with Crippen LogP contribution < -0.4 is 10.6 Å². The SMILES string of the molecule is C[C@H](CCC(=O)NCCCCN(CCCNC(=O)CC[C@@H](C)[C@H]1CC[C@H]2[C@@H]3C[C@H](OS(=O)(=O)O)[C@H]4C[C@H](OS(=O)(=O)O)CC[C@]4(C)[C@H]3C[C@H](OS(=O)(=O)O)[C@]12C)C(=O)CC[C@@H](C)[C@H]1CC[C@H]2[C@@H]3C[C@H](OS(=O)(=O)O)[C@H]4C[C@H](OS(=O)(=O)O)CC[C@]4(C)[C@H]3C[C@H](OS(=O)(=O)O)[C@]12C)[C@H]1CC[C@H]2[C@@H]3C[C@H](OS(=O)(=O)O)[C@H]4C[C@H](OS(=O)(=O)O)CC[C@]4(C)[C@H]3C[C@H](OS(=O)(=O)O)[C@]12C. The van der Waals surface area contributed by atoms with Gasteiger partial charge in [0.1, 0.15) is 0 Å². The Morgan fingerprint density at radius 3 is 0.854 bits per heavy atom. The first-order valence-corrected chi connectivity index (χ1v) is 57.7. The Hall–Kier alpha value is -2.76. The lowest BCUT2D eigenvalue weighted by Crippen LogP contribution is -2.62. The topological polar surface area (TPSA) is 651 Å². The molecule has 33 atom stereocenters. The number of nitrogens with zero attached hydrogens (tertiary/aromatic N) is 1. The van der Waals surface area contributed by atoms with Gasteiger partial charge in [0.15, 0.2) is 0 Å². The van der Waals surface area contributed by atoms with Crippen LogP contribution in [0, 0.1) is 139 Å². The van der Waals surface area contributed by atoms with Gasteiger partial charge in [-0.3, -0.25) is 55.4 Å². The largest absolute Gasteiger partial charge is 0.397 e. The molecule has 0 heterocycles. The van der Waals surface area contributed by atoms with Gasteiger partial charge in [0.2, 0.25) is 17.7 Å². The molecule has 752 valence electrons. The van der Waals surface area contributed by atoms with Crippen LogP contribution in [0.5, 0.6) is 0 Å². The van der Waals surface area contributed by atoms with E-state index in [0.29, 0.717) is 57.8 Å². The fourth-order valence-electron chi connectivity index (χ4n) is 30.3. The molecule has 0 aliphatic heterocycles. The molecule has 0 spiro atoms. The molecule has 130 heavy (non-hydrogen) atoms.